The van der Waals surface area contributed by atoms with Crippen molar-refractivity contribution in [3.63, 3.8) is 0 Å². The van der Waals surface area contributed by atoms with Gasteiger partial charge in [-0.2, -0.15) is 0 Å². The van der Waals surface area contributed by atoms with Crippen molar-refractivity contribution in [1.29, 1.82) is 0 Å². The molecule has 0 amide bonds. The highest BCUT2D eigenvalue weighted by atomic mass is 16.5. The molecule has 1 aliphatic carbocycles. The first-order valence-electron chi connectivity index (χ1n) is 9.47. The Morgan fingerprint density at radius 2 is 1.52 bits per heavy atom. The third-order valence-electron chi connectivity index (χ3n) is 4.93. The molecular formula is C25H20O4. The van der Waals surface area contributed by atoms with Gasteiger partial charge in [0.15, 0.2) is 5.78 Å². The van der Waals surface area contributed by atoms with Gasteiger partial charge in [0, 0.05) is 5.56 Å². The molecule has 4 heteroatoms. The van der Waals surface area contributed by atoms with Crippen molar-refractivity contribution in [2.75, 3.05) is 6.61 Å². The smallest absolute Gasteiger partial charge is 0.343 e. The highest BCUT2D eigenvalue weighted by Gasteiger charge is 2.21. The lowest BCUT2D eigenvalue weighted by Gasteiger charge is -2.07. The lowest BCUT2D eigenvalue weighted by Crippen LogP contribution is -2.09. The maximum Gasteiger partial charge on any atom is 0.343 e. The van der Waals surface area contributed by atoms with E-state index in [4.69, 9.17) is 9.47 Å². The first-order chi connectivity index (χ1) is 14.1. The van der Waals surface area contributed by atoms with E-state index in [1.165, 1.54) is 17.2 Å². The van der Waals surface area contributed by atoms with Gasteiger partial charge < -0.3 is 9.47 Å². The first-order valence-corrected chi connectivity index (χ1v) is 9.47. The molecule has 4 rings (SSSR count). The zero-order valence-electron chi connectivity index (χ0n) is 16.1. The zero-order chi connectivity index (χ0) is 20.4. The summed E-state index contributed by atoms with van der Waals surface area (Å²) < 4.78 is 11.0. The van der Waals surface area contributed by atoms with Crippen LogP contribution < -0.4 is 9.47 Å². The van der Waals surface area contributed by atoms with Crippen LogP contribution in [0, 0.1) is 0 Å². The molecule has 0 saturated heterocycles. The van der Waals surface area contributed by atoms with Gasteiger partial charge >= 0.3 is 5.97 Å². The molecule has 0 heterocycles. The summed E-state index contributed by atoms with van der Waals surface area (Å²) in [5.74, 6) is 0.646. The van der Waals surface area contributed by atoms with E-state index >= 15 is 0 Å². The molecule has 0 bridgehead atoms. The summed E-state index contributed by atoms with van der Waals surface area (Å²) in [6.45, 7) is 6.06. The Labute approximate surface area is 169 Å². The van der Waals surface area contributed by atoms with Gasteiger partial charge in [-0.15, -0.1) is 0 Å². The quantitative estimate of drug-likeness (QED) is 0.197. The van der Waals surface area contributed by atoms with Crippen LogP contribution in [0.1, 0.15) is 38.8 Å². The second-order valence-electron chi connectivity index (χ2n) is 6.78. The van der Waals surface area contributed by atoms with Gasteiger partial charge in [0.2, 0.25) is 0 Å². The summed E-state index contributed by atoms with van der Waals surface area (Å²) in [6, 6.07) is 18.2. The predicted octanol–water partition coefficient (Wildman–Crippen LogP) is 5.24. The second kappa shape index (κ2) is 7.76. The number of hydrogen-bond acceptors (Lipinski definition) is 4. The van der Waals surface area contributed by atoms with E-state index in [9.17, 15) is 9.59 Å². The molecule has 3 aromatic rings. The van der Waals surface area contributed by atoms with Gasteiger partial charge in [0.1, 0.15) is 11.5 Å². The van der Waals surface area contributed by atoms with Gasteiger partial charge in [0.05, 0.1) is 12.2 Å². The molecular weight excluding hydrogens is 364 g/mol. The minimum absolute atomic E-state index is 0.173. The van der Waals surface area contributed by atoms with Gasteiger partial charge in [-0.1, -0.05) is 18.7 Å². The van der Waals surface area contributed by atoms with Crippen molar-refractivity contribution >= 4 is 11.8 Å². The Hall–Kier alpha value is -3.66. The summed E-state index contributed by atoms with van der Waals surface area (Å²) in [5.41, 5.74) is 5.58. The minimum atomic E-state index is -0.429. The standard InChI is InChI=1S/C25H20O4/c1-3-24(26)16-5-8-20(9-6-16)29-25(27)17-7-11-22-18(13-17)14-19-15-21(28-4-2)10-12-23(19)22/h3,5-13,15H,1,4,14H2,2H3. The minimum Gasteiger partial charge on any atom is -0.494 e. The lowest BCUT2D eigenvalue weighted by molar-refractivity contribution is 0.0734. The SMILES string of the molecule is C=CC(=O)c1ccc(OC(=O)c2ccc3c(c2)Cc2cc(OCC)ccc2-3)cc1. The van der Waals surface area contributed by atoms with E-state index in [2.05, 4.69) is 18.7 Å². The van der Waals surface area contributed by atoms with Crippen molar-refractivity contribution < 1.29 is 19.1 Å². The predicted molar refractivity (Wildman–Crippen MR) is 112 cm³/mol. The molecule has 1 aliphatic rings. The van der Waals surface area contributed by atoms with E-state index in [1.807, 2.05) is 25.1 Å². The number of carbonyl (C=O) groups is 2. The number of esters is 1. The zero-order valence-corrected chi connectivity index (χ0v) is 16.1. The topological polar surface area (TPSA) is 52.6 Å². The molecule has 0 aromatic heterocycles. The summed E-state index contributed by atoms with van der Waals surface area (Å²) >= 11 is 0. The van der Waals surface area contributed by atoms with Crippen molar-refractivity contribution in [2.24, 2.45) is 0 Å². The fourth-order valence-electron chi connectivity index (χ4n) is 3.54. The van der Waals surface area contributed by atoms with Crippen molar-refractivity contribution in [3.8, 4) is 22.6 Å². The Balaban J connectivity index is 1.52. The monoisotopic (exact) mass is 384 g/mol. The molecule has 0 fully saturated rings. The Kier molecular flexibility index (Phi) is 5.00. The van der Waals surface area contributed by atoms with Gasteiger partial charge in [-0.05, 0) is 90.2 Å². The summed E-state index contributed by atoms with van der Waals surface area (Å²) in [5, 5.41) is 0. The van der Waals surface area contributed by atoms with Crippen LogP contribution in [0.15, 0.2) is 73.3 Å². The molecule has 0 radical (unpaired) electrons. The van der Waals surface area contributed by atoms with Crippen LogP contribution in [0.3, 0.4) is 0 Å². The molecule has 0 spiro atoms. The maximum atomic E-state index is 12.6. The average molecular weight is 384 g/mol. The summed E-state index contributed by atoms with van der Waals surface area (Å²) in [4.78, 5) is 24.2. The number of allylic oxidation sites excluding steroid dienone is 1. The summed E-state index contributed by atoms with van der Waals surface area (Å²) in [6.07, 6.45) is 2.01. The number of carbonyl (C=O) groups excluding carboxylic acids is 2. The molecule has 0 unspecified atom stereocenters. The van der Waals surface area contributed by atoms with E-state index < -0.39 is 5.97 Å². The number of hydrogen-bond donors (Lipinski definition) is 0. The lowest BCUT2D eigenvalue weighted by atomic mass is 10.0. The van der Waals surface area contributed by atoms with E-state index in [1.54, 1.807) is 30.3 Å². The molecule has 144 valence electrons. The third-order valence-corrected chi connectivity index (χ3v) is 4.93. The number of fused-ring (bicyclic) bond motifs is 3. The molecule has 0 N–H and O–H groups in total. The number of ether oxygens (including phenoxy) is 2. The van der Waals surface area contributed by atoms with E-state index in [0.29, 0.717) is 23.5 Å². The Bertz CT molecular complexity index is 1110. The van der Waals surface area contributed by atoms with E-state index in [0.717, 1.165) is 23.3 Å². The highest BCUT2D eigenvalue weighted by Crippen LogP contribution is 2.38. The summed E-state index contributed by atoms with van der Waals surface area (Å²) in [7, 11) is 0. The Morgan fingerprint density at radius 1 is 0.897 bits per heavy atom. The van der Waals surface area contributed by atoms with Gasteiger partial charge in [-0.3, -0.25) is 4.79 Å². The fourth-order valence-corrected chi connectivity index (χ4v) is 3.54. The van der Waals surface area contributed by atoms with Crippen LogP contribution >= 0.6 is 0 Å². The number of benzene rings is 3. The van der Waals surface area contributed by atoms with Gasteiger partial charge in [-0.25, -0.2) is 4.79 Å². The van der Waals surface area contributed by atoms with Gasteiger partial charge in [0.25, 0.3) is 0 Å². The average Bonchev–Trinajstić information content (AvgIpc) is 3.10. The Morgan fingerprint density at radius 3 is 2.21 bits per heavy atom. The number of rotatable bonds is 6. The van der Waals surface area contributed by atoms with Crippen LogP contribution in [-0.2, 0) is 6.42 Å². The highest BCUT2D eigenvalue weighted by molar-refractivity contribution is 6.04. The van der Waals surface area contributed by atoms with Crippen molar-refractivity contribution in [2.45, 2.75) is 13.3 Å². The largest absolute Gasteiger partial charge is 0.494 e. The second-order valence-corrected chi connectivity index (χ2v) is 6.78. The molecule has 0 aliphatic heterocycles. The van der Waals surface area contributed by atoms with Crippen molar-refractivity contribution in [3.05, 3.63) is 95.6 Å². The number of ketones is 1. The molecule has 0 atom stereocenters. The van der Waals surface area contributed by atoms with Crippen LogP contribution in [0.2, 0.25) is 0 Å². The third kappa shape index (κ3) is 3.69. The van der Waals surface area contributed by atoms with Crippen LogP contribution in [0.5, 0.6) is 11.5 Å². The molecule has 3 aromatic carbocycles. The van der Waals surface area contributed by atoms with Crippen LogP contribution in [-0.4, -0.2) is 18.4 Å². The normalized spacial score (nSPS) is 11.3. The maximum absolute atomic E-state index is 12.6. The molecule has 4 nitrogen and oxygen atoms in total. The van der Waals surface area contributed by atoms with E-state index in [-0.39, 0.29) is 5.78 Å². The fraction of sp³-hybridized carbons (Fsp3) is 0.120. The molecule has 29 heavy (non-hydrogen) atoms. The van der Waals surface area contributed by atoms with Crippen LogP contribution in [0.25, 0.3) is 11.1 Å². The van der Waals surface area contributed by atoms with Crippen molar-refractivity contribution in [1.82, 2.24) is 0 Å². The van der Waals surface area contributed by atoms with Crippen LogP contribution in [0.4, 0.5) is 0 Å². The first kappa shape index (κ1) is 18.7. The molecule has 0 saturated carbocycles.